The van der Waals surface area contributed by atoms with Crippen molar-refractivity contribution in [3.05, 3.63) is 35.9 Å². The highest BCUT2D eigenvalue weighted by Crippen LogP contribution is 2.21. The van der Waals surface area contributed by atoms with Crippen LogP contribution in [0, 0.1) is 0 Å². The van der Waals surface area contributed by atoms with Gasteiger partial charge in [0.1, 0.15) is 0 Å². The lowest BCUT2D eigenvalue weighted by Gasteiger charge is -2.43. The van der Waals surface area contributed by atoms with E-state index >= 15 is 0 Å². The Morgan fingerprint density at radius 2 is 1.68 bits per heavy atom. The topological polar surface area (TPSA) is 53.0 Å². The number of hydrogen-bond acceptors (Lipinski definition) is 4. The fourth-order valence-corrected chi connectivity index (χ4v) is 3.96. The molecule has 2 aliphatic rings. The fourth-order valence-electron chi connectivity index (χ4n) is 3.96. The van der Waals surface area contributed by atoms with Gasteiger partial charge in [0.25, 0.3) is 6.47 Å². The van der Waals surface area contributed by atoms with E-state index in [4.69, 9.17) is 14.6 Å². The first-order chi connectivity index (χ1) is 12.1. The number of likely N-dealkylation sites (tertiary alicyclic amines) is 1. The van der Waals surface area contributed by atoms with Crippen molar-refractivity contribution in [3.63, 3.8) is 0 Å². The summed E-state index contributed by atoms with van der Waals surface area (Å²) < 4.78 is 5.86. The maximum Gasteiger partial charge on any atom is 0.290 e. The second-order valence-corrected chi connectivity index (χ2v) is 7.13. The van der Waals surface area contributed by atoms with Gasteiger partial charge in [-0.1, -0.05) is 30.3 Å². The first-order valence-corrected chi connectivity index (χ1v) is 9.36. The molecule has 2 aliphatic heterocycles. The lowest BCUT2D eigenvalue weighted by Crippen LogP contribution is -2.53. The Bertz CT molecular complexity index is 479. The molecule has 0 saturated carbocycles. The quantitative estimate of drug-likeness (QED) is 0.848. The Hall–Kier alpha value is -1.43. The highest BCUT2D eigenvalue weighted by atomic mass is 16.5. The standard InChI is InChI=1S/C19H30N2O.CH2O2/c1-16-14-21(15-17(2)22-16)19-9-12-20(13-10-19)11-8-18-6-4-3-5-7-18;2-1-3/h3-7,16-17,19H,8-15H2,1-2H3;1H,(H,2,3)/t16-,17+;. The second-order valence-electron chi connectivity index (χ2n) is 7.13. The molecule has 0 aliphatic carbocycles. The number of rotatable bonds is 4. The van der Waals surface area contributed by atoms with Crippen molar-refractivity contribution in [3.8, 4) is 0 Å². The van der Waals surface area contributed by atoms with Gasteiger partial charge in [-0.2, -0.15) is 0 Å². The van der Waals surface area contributed by atoms with Gasteiger partial charge in [0.05, 0.1) is 12.2 Å². The summed E-state index contributed by atoms with van der Waals surface area (Å²) in [6.45, 7) is 10.1. The molecule has 3 rings (SSSR count). The van der Waals surface area contributed by atoms with Gasteiger partial charge in [-0.15, -0.1) is 0 Å². The summed E-state index contributed by atoms with van der Waals surface area (Å²) in [7, 11) is 0. The van der Waals surface area contributed by atoms with Gasteiger partial charge in [0.15, 0.2) is 0 Å². The summed E-state index contributed by atoms with van der Waals surface area (Å²) in [4.78, 5) is 13.7. The first-order valence-electron chi connectivity index (χ1n) is 9.36. The van der Waals surface area contributed by atoms with E-state index in [2.05, 4.69) is 54.0 Å². The van der Waals surface area contributed by atoms with Crippen molar-refractivity contribution >= 4 is 6.47 Å². The zero-order chi connectivity index (χ0) is 18.1. The first kappa shape index (κ1) is 19.9. The molecular weight excluding hydrogens is 316 g/mol. The Balaban J connectivity index is 0.000000701. The summed E-state index contributed by atoms with van der Waals surface area (Å²) in [5.74, 6) is 0. The Morgan fingerprint density at radius 3 is 2.24 bits per heavy atom. The minimum absolute atomic E-state index is 0.250. The zero-order valence-electron chi connectivity index (χ0n) is 15.5. The number of carbonyl (C=O) groups is 1. The molecule has 1 aromatic rings. The molecule has 140 valence electrons. The number of nitrogens with zero attached hydrogens (tertiary/aromatic N) is 2. The van der Waals surface area contributed by atoms with Crippen molar-refractivity contribution in [1.82, 2.24) is 9.80 Å². The van der Waals surface area contributed by atoms with E-state index in [0.29, 0.717) is 12.2 Å². The summed E-state index contributed by atoms with van der Waals surface area (Å²) >= 11 is 0. The van der Waals surface area contributed by atoms with E-state index < -0.39 is 0 Å². The van der Waals surface area contributed by atoms with E-state index in [1.54, 1.807) is 0 Å². The average molecular weight is 348 g/mol. The predicted octanol–water partition coefficient (Wildman–Crippen LogP) is 2.50. The van der Waals surface area contributed by atoms with Crippen LogP contribution in [0.5, 0.6) is 0 Å². The van der Waals surface area contributed by atoms with Crippen molar-refractivity contribution in [2.45, 2.75) is 51.4 Å². The van der Waals surface area contributed by atoms with Gasteiger partial charge in [-0.3, -0.25) is 9.69 Å². The monoisotopic (exact) mass is 348 g/mol. The van der Waals surface area contributed by atoms with Gasteiger partial charge >= 0.3 is 0 Å². The molecule has 1 N–H and O–H groups in total. The minimum Gasteiger partial charge on any atom is -0.483 e. The van der Waals surface area contributed by atoms with Crippen LogP contribution in [0.25, 0.3) is 0 Å². The molecule has 2 saturated heterocycles. The molecule has 0 bridgehead atoms. The fraction of sp³-hybridized carbons (Fsp3) is 0.650. The molecule has 2 fully saturated rings. The summed E-state index contributed by atoms with van der Waals surface area (Å²) in [5.41, 5.74) is 1.46. The van der Waals surface area contributed by atoms with E-state index in [0.717, 1.165) is 19.1 Å². The second kappa shape index (κ2) is 10.5. The lowest BCUT2D eigenvalue weighted by molar-refractivity contribution is -0.122. The summed E-state index contributed by atoms with van der Waals surface area (Å²) in [6, 6.07) is 11.6. The number of morpholine rings is 1. The Morgan fingerprint density at radius 1 is 1.12 bits per heavy atom. The molecule has 0 amide bonds. The Kier molecular flexibility index (Phi) is 8.38. The van der Waals surface area contributed by atoms with Crippen molar-refractivity contribution in [1.29, 1.82) is 0 Å². The lowest BCUT2D eigenvalue weighted by atomic mass is 10.0. The Labute approximate surface area is 151 Å². The molecule has 2 heterocycles. The van der Waals surface area contributed by atoms with Gasteiger partial charge in [0.2, 0.25) is 0 Å². The molecule has 1 aromatic carbocycles. The van der Waals surface area contributed by atoms with E-state index in [9.17, 15) is 0 Å². The van der Waals surface area contributed by atoms with Gasteiger partial charge in [-0.05, 0) is 51.8 Å². The van der Waals surface area contributed by atoms with Crippen LogP contribution in [0.2, 0.25) is 0 Å². The molecular formula is C20H32N2O3. The molecule has 5 heteroatoms. The van der Waals surface area contributed by atoms with Crippen LogP contribution in [0.3, 0.4) is 0 Å². The third kappa shape index (κ3) is 6.77. The van der Waals surface area contributed by atoms with Crippen molar-refractivity contribution in [2.75, 3.05) is 32.7 Å². The van der Waals surface area contributed by atoms with Crippen molar-refractivity contribution in [2.24, 2.45) is 0 Å². The summed E-state index contributed by atoms with van der Waals surface area (Å²) in [6.07, 6.45) is 4.58. The van der Waals surface area contributed by atoms with Crippen molar-refractivity contribution < 1.29 is 14.6 Å². The number of hydrogen-bond donors (Lipinski definition) is 1. The highest BCUT2D eigenvalue weighted by Gasteiger charge is 2.30. The molecule has 0 unspecified atom stereocenters. The smallest absolute Gasteiger partial charge is 0.290 e. The van der Waals surface area contributed by atoms with Gasteiger partial charge < -0.3 is 14.7 Å². The largest absolute Gasteiger partial charge is 0.483 e. The van der Waals surface area contributed by atoms with Crippen LogP contribution in [-0.4, -0.2) is 72.4 Å². The molecule has 0 aromatic heterocycles. The van der Waals surface area contributed by atoms with Crippen LogP contribution >= 0.6 is 0 Å². The number of piperidine rings is 1. The normalized spacial score (nSPS) is 25.8. The maximum atomic E-state index is 8.36. The van der Waals surface area contributed by atoms with Crippen LogP contribution < -0.4 is 0 Å². The van der Waals surface area contributed by atoms with E-state index in [1.165, 1.54) is 44.5 Å². The predicted molar refractivity (Wildman–Crippen MR) is 99.9 cm³/mol. The average Bonchev–Trinajstić information content (AvgIpc) is 2.61. The number of carboxylic acid groups (broad SMARTS) is 1. The third-order valence-corrected chi connectivity index (χ3v) is 5.08. The van der Waals surface area contributed by atoms with Crippen LogP contribution in [-0.2, 0) is 16.0 Å². The third-order valence-electron chi connectivity index (χ3n) is 5.08. The van der Waals surface area contributed by atoms with Crippen LogP contribution in [0.4, 0.5) is 0 Å². The zero-order valence-corrected chi connectivity index (χ0v) is 15.5. The summed E-state index contributed by atoms with van der Waals surface area (Å²) in [5, 5.41) is 6.89. The highest BCUT2D eigenvalue weighted by molar-refractivity contribution is 5.32. The molecule has 0 radical (unpaired) electrons. The van der Waals surface area contributed by atoms with Crippen LogP contribution in [0.15, 0.2) is 30.3 Å². The molecule has 5 nitrogen and oxygen atoms in total. The molecule has 2 atom stereocenters. The van der Waals surface area contributed by atoms with Crippen LogP contribution in [0.1, 0.15) is 32.3 Å². The minimum atomic E-state index is -0.250. The SMILES string of the molecule is C[C@@H]1CN(C2CCN(CCc3ccccc3)CC2)C[C@H](C)O1.O=CO. The molecule has 25 heavy (non-hydrogen) atoms. The van der Waals surface area contributed by atoms with E-state index in [-0.39, 0.29) is 6.47 Å². The van der Waals surface area contributed by atoms with Gasteiger partial charge in [-0.25, -0.2) is 0 Å². The maximum absolute atomic E-state index is 8.36. The van der Waals surface area contributed by atoms with E-state index in [1.807, 2.05) is 0 Å². The van der Waals surface area contributed by atoms with Gasteiger partial charge in [0, 0.05) is 25.7 Å². The number of benzene rings is 1. The number of ether oxygens (including phenoxy) is 1. The molecule has 0 spiro atoms.